The normalized spacial score (nSPS) is 17.3. The molecule has 1 aromatic carbocycles. The maximum Gasteiger partial charge on any atom is 0.336 e. The van der Waals surface area contributed by atoms with E-state index in [1.54, 1.807) is 35.2 Å². The molecule has 0 spiro atoms. The van der Waals surface area contributed by atoms with Crippen molar-refractivity contribution in [3.63, 3.8) is 0 Å². The zero-order valence-corrected chi connectivity index (χ0v) is 16.3. The van der Waals surface area contributed by atoms with Crippen molar-refractivity contribution in [1.82, 2.24) is 4.90 Å². The van der Waals surface area contributed by atoms with Crippen molar-refractivity contribution < 1.29 is 19.1 Å². The van der Waals surface area contributed by atoms with Crippen LogP contribution in [0.15, 0.2) is 44.6 Å². The van der Waals surface area contributed by atoms with Gasteiger partial charge in [0.15, 0.2) is 5.17 Å². The summed E-state index contributed by atoms with van der Waals surface area (Å²) in [6, 6.07) is 7.95. The van der Waals surface area contributed by atoms with Gasteiger partial charge in [0.1, 0.15) is 11.5 Å². The minimum atomic E-state index is -1.09. The fourth-order valence-electron chi connectivity index (χ4n) is 2.65. The van der Waals surface area contributed by atoms with Gasteiger partial charge in [0, 0.05) is 29.8 Å². The first-order chi connectivity index (χ1) is 12.9. The van der Waals surface area contributed by atoms with Crippen LogP contribution in [0, 0.1) is 0 Å². The Hall–Kier alpha value is -2.51. The molecule has 0 radical (unpaired) electrons. The number of amidine groups is 1. The molecule has 2 aromatic rings. The Kier molecular flexibility index (Phi) is 5.72. The highest BCUT2D eigenvalue weighted by atomic mass is 35.5. The Morgan fingerprint density at radius 2 is 2.11 bits per heavy atom. The molecule has 8 heteroatoms. The molecule has 1 aliphatic rings. The Bertz CT molecular complexity index is 964. The molecule has 1 saturated heterocycles. The number of carbonyl (C=O) groups excluding carboxylic acids is 1. The highest BCUT2D eigenvalue weighted by Crippen LogP contribution is 2.34. The topological polar surface area (TPSA) is 83.1 Å². The number of benzene rings is 1. The van der Waals surface area contributed by atoms with Gasteiger partial charge in [0.25, 0.3) is 5.91 Å². The van der Waals surface area contributed by atoms with Gasteiger partial charge in [-0.05, 0) is 55.9 Å². The van der Waals surface area contributed by atoms with E-state index in [0.717, 1.165) is 0 Å². The monoisotopic (exact) mass is 404 g/mol. The van der Waals surface area contributed by atoms with Gasteiger partial charge in [-0.25, -0.2) is 4.79 Å². The molecule has 0 atom stereocenters. The van der Waals surface area contributed by atoms with Crippen LogP contribution in [0.5, 0.6) is 0 Å². The van der Waals surface area contributed by atoms with Crippen molar-refractivity contribution in [2.45, 2.75) is 13.8 Å². The number of halogens is 1. The predicted octanol–water partition coefficient (Wildman–Crippen LogP) is 4.61. The Morgan fingerprint density at radius 1 is 1.33 bits per heavy atom. The lowest BCUT2D eigenvalue weighted by Gasteiger charge is -2.11. The van der Waals surface area contributed by atoms with Crippen LogP contribution in [0.25, 0.3) is 17.4 Å². The number of carboxylic acid groups (broad SMARTS) is 1. The van der Waals surface area contributed by atoms with Gasteiger partial charge in [-0.1, -0.05) is 11.6 Å². The number of carbonyl (C=O) groups is 2. The number of hydrogen-bond donors (Lipinski definition) is 1. The van der Waals surface area contributed by atoms with E-state index in [2.05, 4.69) is 4.99 Å². The summed E-state index contributed by atoms with van der Waals surface area (Å²) in [5, 5.41) is 10.4. The third-order valence-corrected chi connectivity index (χ3v) is 5.15. The molecular weight excluding hydrogens is 388 g/mol. The van der Waals surface area contributed by atoms with Crippen LogP contribution < -0.4 is 0 Å². The summed E-state index contributed by atoms with van der Waals surface area (Å²) in [6.45, 7) is 4.95. The number of likely N-dealkylation sites (N-methyl/N-ethyl adjacent to an activating group) is 1. The quantitative estimate of drug-likeness (QED) is 0.735. The summed E-state index contributed by atoms with van der Waals surface area (Å²) in [6.07, 6.45) is 1.65. The molecule has 0 unspecified atom stereocenters. The predicted molar refractivity (Wildman–Crippen MR) is 107 cm³/mol. The van der Waals surface area contributed by atoms with Crippen molar-refractivity contribution in [3.8, 4) is 11.3 Å². The van der Waals surface area contributed by atoms with E-state index < -0.39 is 5.97 Å². The Morgan fingerprint density at radius 3 is 2.78 bits per heavy atom. The van der Waals surface area contributed by atoms with Crippen molar-refractivity contribution >= 4 is 46.5 Å². The lowest BCUT2D eigenvalue weighted by Crippen LogP contribution is -2.28. The largest absolute Gasteiger partial charge is 0.478 e. The average molecular weight is 405 g/mol. The minimum Gasteiger partial charge on any atom is -0.478 e. The van der Waals surface area contributed by atoms with Crippen molar-refractivity contribution in [2.24, 2.45) is 4.99 Å². The summed E-state index contributed by atoms with van der Waals surface area (Å²) in [4.78, 5) is 30.4. The lowest BCUT2D eigenvalue weighted by atomic mass is 10.1. The molecule has 0 saturated carbocycles. The van der Waals surface area contributed by atoms with Crippen LogP contribution in [0.4, 0.5) is 0 Å². The number of rotatable bonds is 5. The van der Waals surface area contributed by atoms with Gasteiger partial charge in [-0.2, -0.15) is 0 Å². The number of thioether (sulfide) groups is 1. The number of furan rings is 1. The highest BCUT2D eigenvalue weighted by Gasteiger charge is 2.32. The molecule has 1 aromatic heterocycles. The van der Waals surface area contributed by atoms with Gasteiger partial charge in [-0.15, -0.1) is 0 Å². The number of aromatic carboxylic acids is 1. The summed E-state index contributed by atoms with van der Waals surface area (Å²) in [5.74, 6) is -0.364. The maximum atomic E-state index is 12.5. The molecule has 6 nitrogen and oxygen atoms in total. The maximum absolute atomic E-state index is 12.5. The molecular formula is C19H17ClN2O4S. The van der Waals surface area contributed by atoms with Gasteiger partial charge >= 0.3 is 5.97 Å². The molecule has 1 aliphatic heterocycles. The van der Waals surface area contributed by atoms with Crippen LogP contribution in [-0.4, -0.2) is 40.1 Å². The average Bonchev–Trinajstić information content (AvgIpc) is 3.20. The highest BCUT2D eigenvalue weighted by molar-refractivity contribution is 8.18. The first-order valence-corrected chi connectivity index (χ1v) is 9.53. The molecule has 1 N–H and O–H groups in total. The number of nitrogens with zero attached hydrogens (tertiary/aromatic N) is 2. The molecule has 1 fully saturated rings. The van der Waals surface area contributed by atoms with Crippen LogP contribution >= 0.6 is 23.4 Å². The summed E-state index contributed by atoms with van der Waals surface area (Å²) in [5.41, 5.74) is 0.474. The fourth-order valence-corrected chi connectivity index (χ4v) is 3.91. The second kappa shape index (κ2) is 8.02. The van der Waals surface area contributed by atoms with E-state index in [1.165, 1.54) is 17.8 Å². The van der Waals surface area contributed by atoms with Gasteiger partial charge in [0.2, 0.25) is 0 Å². The van der Waals surface area contributed by atoms with E-state index in [-0.39, 0.29) is 11.5 Å². The molecule has 2 heterocycles. The molecule has 3 rings (SSSR count). The number of hydrogen-bond acceptors (Lipinski definition) is 5. The van der Waals surface area contributed by atoms with Crippen molar-refractivity contribution in [2.75, 3.05) is 13.1 Å². The molecule has 1 amide bonds. The van der Waals surface area contributed by atoms with Crippen LogP contribution in [-0.2, 0) is 4.79 Å². The summed E-state index contributed by atoms with van der Waals surface area (Å²) >= 11 is 7.19. The second-order valence-electron chi connectivity index (χ2n) is 5.61. The second-order valence-corrected chi connectivity index (χ2v) is 7.06. The van der Waals surface area contributed by atoms with E-state index in [0.29, 0.717) is 45.3 Å². The Balaban J connectivity index is 1.94. The van der Waals surface area contributed by atoms with E-state index in [9.17, 15) is 14.7 Å². The Labute approximate surface area is 165 Å². The van der Waals surface area contributed by atoms with Crippen LogP contribution in [0.1, 0.15) is 30.0 Å². The van der Waals surface area contributed by atoms with Gasteiger partial charge in [-0.3, -0.25) is 14.7 Å². The van der Waals surface area contributed by atoms with Gasteiger partial charge < -0.3 is 9.52 Å². The van der Waals surface area contributed by atoms with Crippen molar-refractivity contribution in [1.29, 1.82) is 0 Å². The first-order valence-electron chi connectivity index (χ1n) is 8.33. The smallest absolute Gasteiger partial charge is 0.336 e. The molecule has 0 aliphatic carbocycles. The zero-order chi connectivity index (χ0) is 19.6. The first kappa shape index (κ1) is 19.3. The van der Waals surface area contributed by atoms with E-state index >= 15 is 0 Å². The molecule has 27 heavy (non-hydrogen) atoms. The van der Waals surface area contributed by atoms with Crippen LogP contribution in [0.3, 0.4) is 0 Å². The number of amides is 1. The standard InChI is InChI=1S/C19H17ClN2O4S/c1-3-21-19-22(4-2)17(23)16(27-19)10-12-6-8-15(26-12)13-7-5-11(20)9-14(13)18(24)25/h5-10H,3-4H2,1-2H3,(H,24,25). The lowest BCUT2D eigenvalue weighted by molar-refractivity contribution is -0.122. The summed E-state index contributed by atoms with van der Waals surface area (Å²) in [7, 11) is 0. The fraction of sp³-hybridized carbons (Fsp3) is 0.211. The molecule has 0 bridgehead atoms. The summed E-state index contributed by atoms with van der Waals surface area (Å²) < 4.78 is 5.77. The van der Waals surface area contributed by atoms with Crippen molar-refractivity contribution in [3.05, 3.63) is 51.6 Å². The van der Waals surface area contributed by atoms with E-state index in [1.807, 2.05) is 13.8 Å². The minimum absolute atomic E-state index is 0.0527. The number of carboxylic acids is 1. The van der Waals surface area contributed by atoms with E-state index in [4.69, 9.17) is 16.0 Å². The van der Waals surface area contributed by atoms with Gasteiger partial charge in [0.05, 0.1) is 10.5 Å². The zero-order valence-electron chi connectivity index (χ0n) is 14.7. The number of aliphatic imine (C=N–C) groups is 1. The SMILES string of the molecule is CCN=C1SC(=Cc2ccc(-c3ccc(Cl)cc3C(=O)O)o2)C(=O)N1CC. The molecule has 140 valence electrons. The van der Waals surface area contributed by atoms with Crippen LogP contribution in [0.2, 0.25) is 5.02 Å². The third kappa shape index (κ3) is 3.94. The third-order valence-electron chi connectivity index (χ3n) is 3.88.